The van der Waals surface area contributed by atoms with Crippen molar-refractivity contribution >= 4 is 16.9 Å². The van der Waals surface area contributed by atoms with Gasteiger partial charge in [-0.1, -0.05) is 18.2 Å². The van der Waals surface area contributed by atoms with Gasteiger partial charge in [0, 0.05) is 12.5 Å². The number of ether oxygens (including phenoxy) is 1. The van der Waals surface area contributed by atoms with Gasteiger partial charge in [0.15, 0.2) is 0 Å². The Labute approximate surface area is 106 Å². The van der Waals surface area contributed by atoms with Crippen molar-refractivity contribution in [2.45, 2.75) is 26.0 Å². The van der Waals surface area contributed by atoms with E-state index in [4.69, 9.17) is 9.15 Å². The molecule has 0 radical (unpaired) electrons. The Hall–Kier alpha value is -1.81. The van der Waals surface area contributed by atoms with Crippen molar-refractivity contribution in [3.05, 3.63) is 36.1 Å². The van der Waals surface area contributed by atoms with Crippen molar-refractivity contribution in [3.8, 4) is 0 Å². The van der Waals surface area contributed by atoms with Gasteiger partial charge in [0.25, 0.3) is 0 Å². The molecule has 0 aliphatic heterocycles. The number of amides is 1. The third-order valence-corrected chi connectivity index (χ3v) is 2.95. The highest BCUT2D eigenvalue weighted by atomic mass is 16.5. The lowest BCUT2D eigenvalue weighted by Crippen LogP contribution is -2.35. The smallest absolute Gasteiger partial charge is 0.249 e. The van der Waals surface area contributed by atoms with Crippen LogP contribution in [0.25, 0.3) is 11.0 Å². The summed E-state index contributed by atoms with van der Waals surface area (Å²) in [6.07, 6.45) is -0.461. The number of benzene rings is 1. The van der Waals surface area contributed by atoms with Gasteiger partial charge in [0.05, 0.1) is 6.04 Å². The summed E-state index contributed by atoms with van der Waals surface area (Å²) in [5.74, 6) is 0.596. The number of carbonyl (C=O) groups is 1. The average Bonchev–Trinajstić information content (AvgIpc) is 2.81. The van der Waals surface area contributed by atoms with Crippen molar-refractivity contribution in [1.82, 2.24) is 5.32 Å². The van der Waals surface area contributed by atoms with Crippen molar-refractivity contribution in [2.24, 2.45) is 0 Å². The maximum Gasteiger partial charge on any atom is 0.249 e. The van der Waals surface area contributed by atoms with Crippen LogP contribution in [0.2, 0.25) is 0 Å². The third kappa shape index (κ3) is 2.54. The van der Waals surface area contributed by atoms with Gasteiger partial charge in [-0.25, -0.2) is 0 Å². The van der Waals surface area contributed by atoms with E-state index in [1.807, 2.05) is 37.3 Å². The topological polar surface area (TPSA) is 51.5 Å². The second-order valence-corrected chi connectivity index (χ2v) is 4.29. The van der Waals surface area contributed by atoms with E-state index in [0.717, 1.165) is 16.7 Å². The molecule has 0 fully saturated rings. The number of para-hydroxylation sites is 1. The Morgan fingerprint density at radius 2 is 2.06 bits per heavy atom. The third-order valence-electron chi connectivity index (χ3n) is 2.95. The lowest BCUT2D eigenvalue weighted by atomic mass is 10.2. The molecule has 0 spiro atoms. The normalized spacial score (nSPS) is 14.4. The molecule has 1 heterocycles. The van der Waals surface area contributed by atoms with Crippen LogP contribution in [-0.2, 0) is 9.53 Å². The number of nitrogens with one attached hydrogen (secondary N) is 1. The molecule has 96 valence electrons. The fourth-order valence-electron chi connectivity index (χ4n) is 1.72. The number of rotatable bonds is 4. The maximum absolute atomic E-state index is 11.7. The molecule has 18 heavy (non-hydrogen) atoms. The molecule has 1 amide bonds. The minimum absolute atomic E-state index is 0.148. The second-order valence-electron chi connectivity index (χ2n) is 4.29. The zero-order valence-electron chi connectivity index (χ0n) is 10.8. The van der Waals surface area contributed by atoms with Crippen LogP contribution < -0.4 is 5.32 Å². The van der Waals surface area contributed by atoms with Crippen molar-refractivity contribution in [3.63, 3.8) is 0 Å². The van der Waals surface area contributed by atoms with Crippen molar-refractivity contribution in [2.75, 3.05) is 7.11 Å². The Balaban J connectivity index is 2.13. The molecule has 4 heteroatoms. The maximum atomic E-state index is 11.7. The number of hydrogen-bond donors (Lipinski definition) is 1. The molecule has 1 aromatic carbocycles. The molecule has 2 rings (SSSR count). The van der Waals surface area contributed by atoms with E-state index < -0.39 is 6.10 Å². The highest BCUT2D eigenvalue weighted by molar-refractivity contribution is 5.81. The Kier molecular flexibility index (Phi) is 3.67. The predicted molar refractivity (Wildman–Crippen MR) is 69.2 cm³/mol. The second kappa shape index (κ2) is 5.23. The van der Waals surface area contributed by atoms with E-state index in [1.165, 1.54) is 7.11 Å². The van der Waals surface area contributed by atoms with Crippen LogP contribution in [-0.4, -0.2) is 19.1 Å². The summed E-state index contributed by atoms with van der Waals surface area (Å²) >= 11 is 0. The molecule has 0 saturated carbocycles. The molecular formula is C14H17NO3. The van der Waals surface area contributed by atoms with E-state index in [0.29, 0.717) is 0 Å². The summed E-state index contributed by atoms with van der Waals surface area (Å²) in [5, 5.41) is 3.89. The summed E-state index contributed by atoms with van der Waals surface area (Å²) in [7, 11) is 1.51. The van der Waals surface area contributed by atoms with Gasteiger partial charge in [0.1, 0.15) is 17.4 Å². The molecule has 4 nitrogen and oxygen atoms in total. The molecule has 2 atom stereocenters. The van der Waals surface area contributed by atoms with Gasteiger partial charge in [-0.2, -0.15) is 0 Å². The lowest BCUT2D eigenvalue weighted by Gasteiger charge is -2.14. The summed E-state index contributed by atoms with van der Waals surface area (Å²) in [4.78, 5) is 11.7. The number of furan rings is 1. The fourth-order valence-corrected chi connectivity index (χ4v) is 1.72. The molecule has 0 aliphatic carbocycles. The Bertz CT molecular complexity index is 514. The van der Waals surface area contributed by atoms with Crippen LogP contribution in [0.15, 0.2) is 34.7 Å². The van der Waals surface area contributed by atoms with Crippen molar-refractivity contribution in [1.29, 1.82) is 0 Å². The number of methoxy groups -OCH3 is 1. The zero-order chi connectivity index (χ0) is 13.1. The molecule has 0 bridgehead atoms. The molecule has 2 aromatic rings. The van der Waals surface area contributed by atoms with Crippen LogP contribution >= 0.6 is 0 Å². The van der Waals surface area contributed by atoms with Gasteiger partial charge in [-0.05, 0) is 26.0 Å². The van der Waals surface area contributed by atoms with E-state index in [1.54, 1.807) is 6.92 Å². The minimum atomic E-state index is -0.461. The van der Waals surface area contributed by atoms with E-state index in [-0.39, 0.29) is 11.9 Å². The van der Waals surface area contributed by atoms with Crippen LogP contribution in [0.3, 0.4) is 0 Å². The first-order valence-electron chi connectivity index (χ1n) is 5.93. The van der Waals surface area contributed by atoms with Gasteiger partial charge >= 0.3 is 0 Å². The monoisotopic (exact) mass is 247 g/mol. The number of carbonyl (C=O) groups excluding carboxylic acids is 1. The lowest BCUT2D eigenvalue weighted by molar-refractivity contribution is -0.130. The standard InChI is InChI=1S/C14H17NO3/c1-9(15-14(16)10(2)17-3)13-8-11-6-4-5-7-12(11)18-13/h4-10H,1-3H3,(H,15,16). The number of fused-ring (bicyclic) bond motifs is 1. The van der Waals surface area contributed by atoms with E-state index >= 15 is 0 Å². The molecule has 0 aliphatic rings. The van der Waals surface area contributed by atoms with Gasteiger partial charge in [-0.3, -0.25) is 4.79 Å². The quantitative estimate of drug-likeness (QED) is 0.903. The summed E-state index contributed by atoms with van der Waals surface area (Å²) < 4.78 is 10.7. The van der Waals surface area contributed by atoms with Gasteiger partial charge < -0.3 is 14.5 Å². The minimum Gasteiger partial charge on any atom is -0.459 e. The Morgan fingerprint density at radius 1 is 1.33 bits per heavy atom. The first kappa shape index (κ1) is 12.6. The first-order chi connectivity index (χ1) is 8.61. The van der Waals surface area contributed by atoms with E-state index in [2.05, 4.69) is 5.32 Å². The fraction of sp³-hybridized carbons (Fsp3) is 0.357. The van der Waals surface area contributed by atoms with E-state index in [9.17, 15) is 4.79 Å². The SMILES string of the molecule is COC(C)C(=O)NC(C)c1cc2ccccc2o1. The summed E-state index contributed by atoms with van der Waals surface area (Å²) in [6.45, 7) is 3.60. The zero-order valence-corrected chi connectivity index (χ0v) is 10.8. The summed E-state index contributed by atoms with van der Waals surface area (Å²) in [6, 6.07) is 9.53. The highest BCUT2D eigenvalue weighted by Gasteiger charge is 2.17. The van der Waals surface area contributed by atoms with Crippen LogP contribution in [0.1, 0.15) is 25.6 Å². The highest BCUT2D eigenvalue weighted by Crippen LogP contribution is 2.23. The molecular weight excluding hydrogens is 230 g/mol. The number of hydrogen-bond acceptors (Lipinski definition) is 3. The van der Waals surface area contributed by atoms with Crippen molar-refractivity contribution < 1.29 is 13.9 Å². The van der Waals surface area contributed by atoms with Crippen LogP contribution in [0.4, 0.5) is 0 Å². The van der Waals surface area contributed by atoms with Gasteiger partial charge in [-0.15, -0.1) is 0 Å². The Morgan fingerprint density at radius 3 is 2.72 bits per heavy atom. The predicted octanol–water partition coefficient (Wildman–Crippen LogP) is 2.64. The largest absolute Gasteiger partial charge is 0.459 e. The van der Waals surface area contributed by atoms with Crippen LogP contribution in [0.5, 0.6) is 0 Å². The summed E-state index contributed by atoms with van der Waals surface area (Å²) in [5.41, 5.74) is 0.827. The molecule has 1 aromatic heterocycles. The molecule has 0 saturated heterocycles. The molecule has 2 unspecified atom stereocenters. The van der Waals surface area contributed by atoms with Gasteiger partial charge in [0.2, 0.25) is 5.91 Å². The van der Waals surface area contributed by atoms with Crippen LogP contribution in [0, 0.1) is 0 Å². The first-order valence-corrected chi connectivity index (χ1v) is 5.93. The molecule has 1 N–H and O–H groups in total. The average molecular weight is 247 g/mol.